The number of hydrogen-bond acceptors (Lipinski definition) is 4. The molecule has 1 rings (SSSR count). The highest BCUT2D eigenvalue weighted by molar-refractivity contribution is 6.17. The van der Waals surface area contributed by atoms with Crippen molar-refractivity contribution in [3.8, 4) is 0 Å². The van der Waals surface area contributed by atoms with E-state index in [4.69, 9.17) is 4.74 Å². The van der Waals surface area contributed by atoms with E-state index >= 15 is 0 Å². The molecule has 5 heteroatoms. The minimum absolute atomic E-state index is 0.117. The Kier molecular flexibility index (Phi) is 6.16. The zero-order valence-electron chi connectivity index (χ0n) is 11.5. The van der Waals surface area contributed by atoms with Gasteiger partial charge in [0.15, 0.2) is 0 Å². The zero-order valence-corrected chi connectivity index (χ0v) is 11.5. The van der Waals surface area contributed by atoms with E-state index in [1.54, 1.807) is 44.4 Å². The molecule has 0 bridgehead atoms. The number of likely N-dealkylation sites (N-methyl/N-ethyl adjacent to an activating group) is 1. The predicted molar refractivity (Wildman–Crippen MR) is 74.5 cm³/mol. The van der Waals surface area contributed by atoms with Crippen LogP contribution in [0.5, 0.6) is 0 Å². The highest BCUT2D eigenvalue weighted by atomic mass is 16.6. The Bertz CT molecular complexity index is 508. The molecule has 5 nitrogen and oxygen atoms in total. The van der Waals surface area contributed by atoms with Crippen LogP contribution in [0, 0.1) is 0 Å². The van der Waals surface area contributed by atoms with Gasteiger partial charge in [-0.3, -0.25) is 9.59 Å². The summed E-state index contributed by atoms with van der Waals surface area (Å²) < 4.78 is 4.77. The molecule has 1 radical (unpaired) electrons. The lowest BCUT2D eigenvalue weighted by molar-refractivity contribution is -0.124. The second-order valence-corrected chi connectivity index (χ2v) is 3.82. The van der Waals surface area contributed by atoms with Gasteiger partial charge in [-0.2, -0.15) is 0 Å². The lowest BCUT2D eigenvalue weighted by Gasteiger charge is -2.17. The molecule has 0 aliphatic heterocycles. The Balaban J connectivity index is 2.99. The summed E-state index contributed by atoms with van der Waals surface area (Å²) >= 11 is 0. The first kappa shape index (κ1) is 15.6. The second kappa shape index (κ2) is 7.89. The van der Waals surface area contributed by atoms with Crippen molar-refractivity contribution in [1.29, 1.82) is 0 Å². The van der Waals surface area contributed by atoms with Crippen molar-refractivity contribution < 1.29 is 19.1 Å². The van der Waals surface area contributed by atoms with Gasteiger partial charge in [-0.15, -0.1) is 0 Å². The topological polar surface area (TPSA) is 63.7 Å². The van der Waals surface area contributed by atoms with Crippen LogP contribution in [0.1, 0.15) is 19.4 Å². The summed E-state index contributed by atoms with van der Waals surface area (Å²) in [5.41, 5.74) is 0.463. The van der Waals surface area contributed by atoms with Crippen LogP contribution >= 0.6 is 0 Å². The van der Waals surface area contributed by atoms with Gasteiger partial charge in [0.1, 0.15) is 0 Å². The van der Waals surface area contributed by atoms with Crippen molar-refractivity contribution in [3.05, 3.63) is 41.5 Å². The summed E-state index contributed by atoms with van der Waals surface area (Å²) in [7, 11) is 0. The monoisotopic (exact) mass is 274 g/mol. The van der Waals surface area contributed by atoms with E-state index < -0.39 is 12.0 Å². The van der Waals surface area contributed by atoms with E-state index in [0.29, 0.717) is 5.56 Å². The Morgan fingerprint density at radius 3 is 2.40 bits per heavy atom. The molecule has 2 amide bonds. The smallest absolute Gasteiger partial charge is 0.416 e. The van der Waals surface area contributed by atoms with Crippen LogP contribution in [0.4, 0.5) is 4.79 Å². The minimum Gasteiger partial charge on any atom is -0.449 e. The third-order valence-electron chi connectivity index (χ3n) is 2.50. The predicted octanol–water partition coefficient (Wildman–Crippen LogP) is 2.18. The molecule has 0 fully saturated rings. The first-order chi connectivity index (χ1) is 9.63. The average molecular weight is 274 g/mol. The first-order valence-corrected chi connectivity index (χ1v) is 6.27. The molecule has 0 aliphatic carbocycles. The zero-order chi connectivity index (χ0) is 15.0. The second-order valence-electron chi connectivity index (χ2n) is 3.82. The number of carbonyl (C=O) groups excluding carboxylic acids is 3. The Morgan fingerprint density at radius 1 is 1.25 bits per heavy atom. The van der Waals surface area contributed by atoms with Crippen LogP contribution in [0.3, 0.4) is 0 Å². The Morgan fingerprint density at radius 2 is 1.90 bits per heavy atom. The van der Waals surface area contributed by atoms with Crippen LogP contribution in [0.25, 0.3) is 6.08 Å². The number of carbonyl (C=O) groups is 2. The summed E-state index contributed by atoms with van der Waals surface area (Å²) in [6.45, 7) is 3.54. The fourth-order valence-corrected chi connectivity index (χ4v) is 1.55. The van der Waals surface area contributed by atoms with E-state index in [-0.39, 0.29) is 18.7 Å². The van der Waals surface area contributed by atoms with E-state index in [0.717, 1.165) is 4.90 Å². The molecule has 20 heavy (non-hydrogen) atoms. The van der Waals surface area contributed by atoms with Crippen LogP contribution in [0.15, 0.2) is 35.9 Å². The molecular weight excluding hydrogens is 258 g/mol. The molecule has 0 N–H and O–H groups in total. The largest absolute Gasteiger partial charge is 0.449 e. The molecule has 0 spiro atoms. The number of rotatable bonds is 5. The maximum absolute atomic E-state index is 12.1. The standard InChI is InChI=1S/C15H16NO4/c1-3-16(15(19)20-4-2)14(18)13(11-17)10-12-8-6-5-7-9-12/h5-10H,3-4H2,1-2H3. The third kappa shape index (κ3) is 4.05. The normalized spacial score (nSPS) is 10.8. The summed E-state index contributed by atoms with van der Waals surface area (Å²) in [6.07, 6.45) is 2.19. The number of hydrogen-bond donors (Lipinski definition) is 0. The van der Waals surface area contributed by atoms with Crippen LogP contribution in [-0.2, 0) is 14.3 Å². The number of amides is 2. The maximum atomic E-state index is 12.1. The molecular formula is C15H16NO4. The fraction of sp³-hybridized carbons (Fsp3) is 0.267. The third-order valence-corrected chi connectivity index (χ3v) is 2.50. The van der Waals surface area contributed by atoms with Gasteiger partial charge in [-0.1, -0.05) is 30.3 Å². The minimum atomic E-state index is -0.769. The number of nitrogens with zero attached hydrogens (tertiary/aromatic N) is 1. The van der Waals surface area contributed by atoms with E-state index in [9.17, 15) is 14.4 Å². The maximum Gasteiger partial charge on any atom is 0.416 e. The van der Waals surface area contributed by atoms with Gasteiger partial charge in [0, 0.05) is 6.54 Å². The lowest BCUT2D eigenvalue weighted by Crippen LogP contribution is -2.38. The Labute approximate surface area is 117 Å². The molecule has 0 heterocycles. The van der Waals surface area contributed by atoms with E-state index in [2.05, 4.69) is 0 Å². The number of imide groups is 1. The van der Waals surface area contributed by atoms with Crippen LogP contribution < -0.4 is 0 Å². The first-order valence-electron chi connectivity index (χ1n) is 6.27. The molecule has 1 aromatic carbocycles. The van der Waals surface area contributed by atoms with Gasteiger partial charge in [0.05, 0.1) is 12.2 Å². The quantitative estimate of drug-likeness (QED) is 0.469. The SMILES string of the molecule is CCOC(=O)N(CC)C(=O)C([C]=O)=Cc1ccccc1. The highest BCUT2D eigenvalue weighted by Gasteiger charge is 2.24. The van der Waals surface area contributed by atoms with Gasteiger partial charge in [0.25, 0.3) is 5.91 Å². The van der Waals surface area contributed by atoms with Crippen LogP contribution in [0.2, 0.25) is 0 Å². The van der Waals surface area contributed by atoms with E-state index in [1.165, 1.54) is 6.08 Å². The van der Waals surface area contributed by atoms with Gasteiger partial charge in [-0.05, 0) is 25.5 Å². The van der Waals surface area contributed by atoms with E-state index in [1.807, 2.05) is 6.07 Å². The summed E-state index contributed by atoms with van der Waals surface area (Å²) in [5.74, 6) is -0.718. The summed E-state index contributed by atoms with van der Waals surface area (Å²) in [6, 6.07) is 8.86. The molecule has 0 aromatic heterocycles. The lowest BCUT2D eigenvalue weighted by atomic mass is 10.1. The number of benzene rings is 1. The van der Waals surface area contributed by atoms with Crippen LogP contribution in [-0.4, -0.2) is 36.3 Å². The molecule has 0 unspecified atom stereocenters. The van der Waals surface area contributed by atoms with Crippen molar-refractivity contribution in [2.75, 3.05) is 13.2 Å². The van der Waals surface area contributed by atoms with Crippen molar-refractivity contribution in [2.24, 2.45) is 0 Å². The molecule has 0 saturated carbocycles. The van der Waals surface area contributed by atoms with Crippen molar-refractivity contribution in [1.82, 2.24) is 4.90 Å². The van der Waals surface area contributed by atoms with Crippen molar-refractivity contribution >= 4 is 24.4 Å². The molecule has 0 atom stereocenters. The summed E-state index contributed by atoms with van der Waals surface area (Å²) in [5, 5.41) is 0. The fourth-order valence-electron chi connectivity index (χ4n) is 1.55. The number of ether oxygens (including phenoxy) is 1. The highest BCUT2D eigenvalue weighted by Crippen LogP contribution is 2.09. The molecule has 0 aliphatic rings. The van der Waals surface area contributed by atoms with Gasteiger partial charge < -0.3 is 4.74 Å². The van der Waals surface area contributed by atoms with Gasteiger partial charge >= 0.3 is 6.09 Å². The molecule has 0 saturated heterocycles. The Hall–Kier alpha value is -2.43. The van der Waals surface area contributed by atoms with Crippen molar-refractivity contribution in [2.45, 2.75) is 13.8 Å². The average Bonchev–Trinajstić information content (AvgIpc) is 2.46. The van der Waals surface area contributed by atoms with Crippen molar-refractivity contribution in [3.63, 3.8) is 0 Å². The summed E-state index contributed by atoms with van der Waals surface area (Å²) in [4.78, 5) is 35.6. The molecule has 1 aromatic rings. The van der Waals surface area contributed by atoms with Gasteiger partial charge in [0.2, 0.25) is 6.29 Å². The van der Waals surface area contributed by atoms with Gasteiger partial charge in [-0.25, -0.2) is 9.69 Å². The molecule has 105 valence electrons.